The Labute approximate surface area is 445 Å². The van der Waals surface area contributed by atoms with Crippen LogP contribution in [0.25, 0.3) is 0 Å². The molecule has 0 unspecified atom stereocenters. The van der Waals surface area contributed by atoms with Gasteiger partial charge in [-0.05, 0) is 38.9 Å². The number of nitrogens with one attached hydrogen (secondary N) is 1. The fourth-order valence-corrected chi connectivity index (χ4v) is 9.29. The Morgan fingerprint density at radius 2 is 0.671 bits per heavy atom. The maximum absolute atomic E-state index is 14.6. The van der Waals surface area contributed by atoms with E-state index < -0.39 is 67.4 Å². The van der Waals surface area contributed by atoms with Gasteiger partial charge in [0.15, 0.2) is 12.5 Å². The number of hydrogen-bond acceptors (Lipinski definition) is 12. The zero-order valence-corrected chi connectivity index (χ0v) is 42.7. The van der Waals surface area contributed by atoms with Gasteiger partial charge in [-0.15, -0.1) is 0 Å². The number of methoxy groups -OCH3 is 1. The number of alkyl carbamates (subject to hydrolysis) is 1. The molecule has 1 N–H and O–H groups in total. The van der Waals surface area contributed by atoms with E-state index in [1.807, 2.05) is 212 Å². The Kier molecular flexibility index (Phi) is 20.7. The summed E-state index contributed by atoms with van der Waals surface area (Å²) in [7, 11) is 1.55. The van der Waals surface area contributed by atoms with Crippen LogP contribution in [0, 0.1) is 0 Å². The Balaban J connectivity index is 0.993. The van der Waals surface area contributed by atoms with Gasteiger partial charge in [-0.1, -0.05) is 212 Å². The van der Waals surface area contributed by atoms with Crippen molar-refractivity contribution in [3.05, 3.63) is 251 Å². The van der Waals surface area contributed by atoms with Gasteiger partial charge in [0.2, 0.25) is 0 Å². The Bertz CT molecular complexity index is 2700. The van der Waals surface area contributed by atoms with Gasteiger partial charge in [0.25, 0.3) is 0 Å². The van der Waals surface area contributed by atoms with Crippen LogP contribution < -0.4 is 5.32 Å². The van der Waals surface area contributed by atoms with Crippen LogP contribution in [0.1, 0.15) is 38.9 Å². The van der Waals surface area contributed by atoms with Gasteiger partial charge in [-0.3, -0.25) is 5.32 Å². The molecule has 0 radical (unpaired) electrons. The molecule has 9 rings (SSSR count). The minimum Gasteiger partial charge on any atom is -0.447 e. The summed E-state index contributed by atoms with van der Waals surface area (Å²) in [6, 6.07) is 69.1. The Hall–Kier alpha value is -6.59. The summed E-state index contributed by atoms with van der Waals surface area (Å²) >= 11 is 0. The first-order valence-electron chi connectivity index (χ1n) is 25.9. The van der Waals surface area contributed by atoms with Gasteiger partial charge >= 0.3 is 6.09 Å². The van der Waals surface area contributed by atoms with Crippen LogP contribution in [0.4, 0.5) is 4.79 Å². The molecule has 396 valence electrons. The van der Waals surface area contributed by atoms with Crippen LogP contribution in [0.5, 0.6) is 0 Å². The third kappa shape index (κ3) is 16.0. The first-order chi connectivity index (χ1) is 37.6. The van der Waals surface area contributed by atoms with E-state index in [1.54, 1.807) is 7.11 Å². The number of benzene rings is 7. The summed E-state index contributed by atoms with van der Waals surface area (Å²) in [5.74, 6) is 0. The number of amides is 1. The molecule has 2 heterocycles. The fraction of sp³-hybridized carbons (Fsp3) is 0.317. The number of carbonyl (C=O) groups excluding carboxylic acids is 1. The van der Waals surface area contributed by atoms with Gasteiger partial charge in [-0.2, -0.15) is 0 Å². The second kappa shape index (κ2) is 29.1. The van der Waals surface area contributed by atoms with E-state index in [-0.39, 0.29) is 52.9 Å². The zero-order valence-electron chi connectivity index (χ0n) is 42.7. The molecule has 2 saturated heterocycles. The van der Waals surface area contributed by atoms with Gasteiger partial charge in [0.1, 0.15) is 55.4 Å². The van der Waals surface area contributed by atoms with Crippen molar-refractivity contribution >= 4 is 6.09 Å². The molecular weight excluding hydrogens is 963 g/mol. The largest absolute Gasteiger partial charge is 0.447 e. The predicted molar refractivity (Wildman–Crippen MR) is 285 cm³/mol. The van der Waals surface area contributed by atoms with Crippen LogP contribution in [0.2, 0.25) is 0 Å². The molecule has 0 saturated carbocycles. The van der Waals surface area contributed by atoms with Crippen LogP contribution in [0.15, 0.2) is 212 Å². The SMILES string of the molecule is CO[C@@H]1O[C@H](COC(=O)N[C@H]2O[C@H](COCc3ccccc3)[C@@H](OCc3ccccc3)[C@H](OCc3ccccc3)[C@H]2OCc2ccccc2)[C@@H](OCc2ccccc2)[C@H](OCc2ccccc2)[C@H]1OCc1ccccc1. The highest BCUT2D eigenvalue weighted by atomic mass is 16.7. The third-order valence-electron chi connectivity index (χ3n) is 13.2. The van der Waals surface area contributed by atoms with E-state index in [2.05, 4.69) is 5.32 Å². The molecule has 2 fully saturated rings. The highest BCUT2D eigenvalue weighted by Gasteiger charge is 2.51. The molecule has 2 aliphatic heterocycles. The molecule has 0 aliphatic carbocycles. The number of hydrogen-bond donors (Lipinski definition) is 1. The zero-order chi connectivity index (χ0) is 52.0. The number of ether oxygens (including phenoxy) is 11. The number of carbonyl (C=O) groups is 1. The lowest BCUT2D eigenvalue weighted by Crippen LogP contribution is -2.65. The first kappa shape index (κ1) is 54.2. The van der Waals surface area contributed by atoms with Crippen LogP contribution in [0.3, 0.4) is 0 Å². The maximum Gasteiger partial charge on any atom is 0.409 e. The molecule has 7 aromatic carbocycles. The molecular formula is C63H67NO12. The molecule has 1 amide bonds. The third-order valence-corrected chi connectivity index (χ3v) is 13.2. The van der Waals surface area contributed by atoms with Crippen molar-refractivity contribution < 1.29 is 56.9 Å². The predicted octanol–water partition coefficient (Wildman–Crippen LogP) is 10.5. The standard InChI is InChI=1S/C63H67NO12/c1-66-62-60(73-43-52-35-21-8-22-36-52)58(71-41-50-31-17-6-18-32-50)56(69-39-48-27-13-4-14-28-48)54(76-62)45-74-63(65)64-61-59(72-42-51-33-19-7-20-34-51)57(70-40-49-29-15-5-16-30-49)55(68-38-47-25-11-3-12-26-47)53(75-61)44-67-37-46-23-9-2-10-24-46/h2-36,53-62H,37-45H2,1H3,(H,64,65)/t53-,54-,55-,56-,57+,58+,59-,60-,61+,62-/m1/s1. The maximum atomic E-state index is 14.6. The second-order valence-electron chi connectivity index (χ2n) is 18.7. The van der Waals surface area contributed by atoms with Gasteiger partial charge in [0.05, 0.1) is 52.9 Å². The summed E-state index contributed by atoms with van der Waals surface area (Å²) in [4.78, 5) is 14.6. The highest BCUT2D eigenvalue weighted by Crippen LogP contribution is 2.33. The summed E-state index contributed by atoms with van der Waals surface area (Å²) < 4.78 is 72.9. The molecule has 13 heteroatoms. The van der Waals surface area contributed by atoms with Crippen molar-refractivity contribution in [3.8, 4) is 0 Å². The van der Waals surface area contributed by atoms with Crippen molar-refractivity contribution in [2.75, 3.05) is 20.3 Å². The van der Waals surface area contributed by atoms with Crippen LogP contribution >= 0.6 is 0 Å². The molecule has 0 aromatic heterocycles. The van der Waals surface area contributed by atoms with Crippen LogP contribution in [-0.2, 0) is 98.4 Å². The second-order valence-corrected chi connectivity index (χ2v) is 18.7. The summed E-state index contributed by atoms with van der Waals surface area (Å²) in [5, 5.41) is 3.03. The lowest BCUT2D eigenvalue weighted by molar-refractivity contribution is -0.321. The lowest BCUT2D eigenvalue weighted by atomic mass is 9.97. The van der Waals surface area contributed by atoms with Crippen molar-refractivity contribution in [2.24, 2.45) is 0 Å². The van der Waals surface area contributed by atoms with E-state index in [9.17, 15) is 4.79 Å². The molecule has 2 aliphatic rings. The fourth-order valence-electron chi connectivity index (χ4n) is 9.29. The van der Waals surface area contributed by atoms with Gasteiger partial charge in [0, 0.05) is 7.11 Å². The normalized spacial score (nSPS) is 23.4. The van der Waals surface area contributed by atoms with E-state index >= 15 is 0 Å². The Morgan fingerprint density at radius 3 is 1.04 bits per heavy atom. The highest BCUT2D eigenvalue weighted by molar-refractivity contribution is 5.67. The minimum atomic E-state index is -1.11. The summed E-state index contributed by atoms with van der Waals surface area (Å²) in [5.41, 5.74) is 6.68. The summed E-state index contributed by atoms with van der Waals surface area (Å²) in [6.45, 7) is 1.55. The topological polar surface area (TPSA) is 131 Å². The molecule has 13 nitrogen and oxygen atoms in total. The van der Waals surface area contributed by atoms with Crippen molar-refractivity contribution in [1.29, 1.82) is 0 Å². The summed E-state index contributed by atoms with van der Waals surface area (Å²) in [6.07, 6.45) is -9.17. The molecule has 10 atom stereocenters. The monoisotopic (exact) mass is 1030 g/mol. The Morgan fingerprint density at radius 1 is 0.368 bits per heavy atom. The molecule has 0 bridgehead atoms. The minimum absolute atomic E-state index is 0.102. The first-order valence-corrected chi connectivity index (χ1v) is 25.9. The van der Waals surface area contributed by atoms with Crippen molar-refractivity contribution in [1.82, 2.24) is 5.32 Å². The number of rotatable bonds is 26. The van der Waals surface area contributed by atoms with E-state index in [0.717, 1.165) is 38.9 Å². The molecule has 0 spiro atoms. The molecule has 76 heavy (non-hydrogen) atoms. The van der Waals surface area contributed by atoms with E-state index in [1.165, 1.54) is 0 Å². The van der Waals surface area contributed by atoms with Crippen LogP contribution in [-0.4, -0.2) is 87.8 Å². The average Bonchev–Trinajstić information content (AvgIpc) is 3.48. The molecule has 7 aromatic rings. The van der Waals surface area contributed by atoms with E-state index in [4.69, 9.17) is 52.1 Å². The lowest BCUT2D eigenvalue weighted by Gasteiger charge is -2.46. The quantitative estimate of drug-likeness (QED) is 0.0554. The average molecular weight is 1030 g/mol. The van der Waals surface area contributed by atoms with Gasteiger partial charge < -0.3 is 52.1 Å². The van der Waals surface area contributed by atoms with Crippen molar-refractivity contribution in [2.45, 2.75) is 108 Å². The van der Waals surface area contributed by atoms with Crippen molar-refractivity contribution in [3.63, 3.8) is 0 Å². The smallest absolute Gasteiger partial charge is 0.409 e. The van der Waals surface area contributed by atoms with Gasteiger partial charge in [-0.25, -0.2) is 4.79 Å². The van der Waals surface area contributed by atoms with E-state index in [0.29, 0.717) is 6.61 Å².